The van der Waals surface area contributed by atoms with Gasteiger partial charge in [0, 0.05) is 6.04 Å². The summed E-state index contributed by atoms with van der Waals surface area (Å²) in [6, 6.07) is 0.568. The molecule has 1 N–H and O–H groups in total. The average Bonchev–Trinajstić information content (AvgIpc) is 2.44. The number of nitrogens with one attached hydrogen (secondary N) is 1. The van der Waals surface area contributed by atoms with Crippen LogP contribution in [0, 0.1) is 0 Å². The Morgan fingerprint density at radius 1 is 1.54 bits per heavy atom. The van der Waals surface area contributed by atoms with Crippen molar-refractivity contribution in [2.45, 2.75) is 50.6 Å². The lowest BCUT2D eigenvalue weighted by atomic mass is 9.91. The number of carbonyl (C=O) groups excluding carboxylic acids is 1. The van der Waals surface area contributed by atoms with E-state index in [4.69, 9.17) is 4.74 Å². The third-order valence-corrected chi connectivity index (χ3v) is 3.22. The fourth-order valence-electron chi connectivity index (χ4n) is 2.55. The van der Waals surface area contributed by atoms with Crippen molar-refractivity contribution >= 4 is 5.97 Å². The molecule has 2 aliphatic rings. The first-order valence-corrected chi connectivity index (χ1v) is 5.22. The van der Waals surface area contributed by atoms with Gasteiger partial charge < -0.3 is 4.74 Å². The van der Waals surface area contributed by atoms with E-state index in [1.807, 2.05) is 6.92 Å². The Labute approximate surface area is 78.8 Å². The number of esters is 1. The van der Waals surface area contributed by atoms with Crippen LogP contribution in [-0.4, -0.2) is 24.2 Å². The summed E-state index contributed by atoms with van der Waals surface area (Å²) in [6.45, 7) is 2.36. The molecule has 0 aromatic rings. The van der Waals surface area contributed by atoms with Crippen molar-refractivity contribution in [3.8, 4) is 0 Å². The molecule has 3 heteroatoms. The van der Waals surface area contributed by atoms with E-state index in [-0.39, 0.29) is 11.5 Å². The van der Waals surface area contributed by atoms with Crippen LogP contribution >= 0.6 is 0 Å². The molecule has 0 saturated carbocycles. The number of rotatable bonds is 2. The normalized spacial score (nSPS) is 37.5. The predicted molar refractivity (Wildman–Crippen MR) is 49.4 cm³/mol. The van der Waals surface area contributed by atoms with Crippen LogP contribution in [0.3, 0.4) is 0 Å². The highest BCUT2D eigenvalue weighted by molar-refractivity contribution is 5.81. The zero-order valence-electron chi connectivity index (χ0n) is 8.14. The van der Waals surface area contributed by atoms with E-state index >= 15 is 0 Å². The van der Waals surface area contributed by atoms with Crippen molar-refractivity contribution in [2.24, 2.45) is 0 Å². The lowest BCUT2D eigenvalue weighted by Gasteiger charge is -2.32. The van der Waals surface area contributed by atoms with Gasteiger partial charge in [0.25, 0.3) is 0 Å². The maximum Gasteiger partial charge on any atom is 0.326 e. The van der Waals surface area contributed by atoms with Gasteiger partial charge in [-0.05, 0) is 39.0 Å². The molecular weight excluding hydrogens is 166 g/mol. The molecule has 2 aliphatic heterocycles. The van der Waals surface area contributed by atoms with Gasteiger partial charge in [-0.1, -0.05) is 0 Å². The number of ether oxygens (including phenoxy) is 1. The van der Waals surface area contributed by atoms with Crippen LogP contribution in [0.4, 0.5) is 0 Å². The Morgan fingerprint density at radius 3 is 3.15 bits per heavy atom. The number of hydrogen-bond donors (Lipinski definition) is 1. The van der Waals surface area contributed by atoms with Gasteiger partial charge in [0.2, 0.25) is 0 Å². The van der Waals surface area contributed by atoms with Crippen LogP contribution in [0.25, 0.3) is 0 Å². The lowest BCUT2D eigenvalue weighted by molar-refractivity contribution is -0.151. The molecule has 0 aliphatic carbocycles. The van der Waals surface area contributed by atoms with Gasteiger partial charge in [-0.15, -0.1) is 0 Å². The minimum absolute atomic E-state index is 0.0304. The molecule has 2 heterocycles. The second-order valence-electron chi connectivity index (χ2n) is 4.07. The summed E-state index contributed by atoms with van der Waals surface area (Å²) in [5.74, 6) is -0.0304. The molecule has 13 heavy (non-hydrogen) atoms. The summed E-state index contributed by atoms with van der Waals surface area (Å²) in [5, 5.41) is 3.41. The third kappa shape index (κ3) is 1.46. The molecule has 2 atom stereocenters. The van der Waals surface area contributed by atoms with E-state index in [0.717, 1.165) is 25.7 Å². The average molecular weight is 183 g/mol. The van der Waals surface area contributed by atoms with Gasteiger partial charge in [-0.25, -0.2) is 0 Å². The molecular formula is C10H17NO2. The van der Waals surface area contributed by atoms with Crippen LogP contribution in [0.1, 0.15) is 39.0 Å². The van der Waals surface area contributed by atoms with E-state index in [0.29, 0.717) is 12.6 Å². The van der Waals surface area contributed by atoms with Gasteiger partial charge in [-0.3, -0.25) is 10.1 Å². The number of piperidine rings is 1. The quantitative estimate of drug-likeness (QED) is 0.654. The fraction of sp³-hybridized carbons (Fsp3) is 0.900. The zero-order chi connectivity index (χ0) is 9.31. The van der Waals surface area contributed by atoms with Crippen molar-refractivity contribution in [2.75, 3.05) is 6.61 Å². The molecule has 74 valence electrons. The Morgan fingerprint density at radius 2 is 2.38 bits per heavy atom. The van der Waals surface area contributed by atoms with E-state index in [1.165, 1.54) is 6.42 Å². The van der Waals surface area contributed by atoms with Crippen LogP contribution < -0.4 is 5.32 Å². The van der Waals surface area contributed by atoms with E-state index in [1.54, 1.807) is 0 Å². The van der Waals surface area contributed by atoms with Crippen molar-refractivity contribution in [1.82, 2.24) is 5.32 Å². The smallest absolute Gasteiger partial charge is 0.326 e. The summed E-state index contributed by atoms with van der Waals surface area (Å²) < 4.78 is 5.10. The highest BCUT2D eigenvalue weighted by Gasteiger charge is 2.47. The molecule has 2 bridgehead atoms. The summed E-state index contributed by atoms with van der Waals surface area (Å²) in [4.78, 5) is 11.7. The predicted octanol–water partition coefficient (Wildman–Crippen LogP) is 1.22. The maximum absolute atomic E-state index is 11.7. The van der Waals surface area contributed by atoms with E-state index in [9.17, 15) is 4.79 Å². The van der Waals surface area contributed by atoms with Gasteiger partial charge in [0.05, 0.1) is 6.61 Å². The molecule has 0 radical (unpaired) electrons. The van der Waals surface area contributed by atoms with Gasteiger partial charge in [-0.2, -0.15) is 0 Å². The molecule has 2 fully saturated rings. The Kier molecular flexibility index (Phi) is 2.28. The van der Waals surface area contributed by atoms with Crippen LogP contribution in [0.5, 0.6) is 0 Å². The number of hydrogen-bond acceptors (Lipinski definition) is 3. The van der Waals surface area contributed by atoms with Crippen LogP contribution in [-0.2, 0) is 9.53 Å². The van der Waals surface area contributed by atoms with Crippen LogP contribution in [0.2, 0.25) is 0 Å². The molecule has 2 unspecified atom stereocenters. The van der Waals surface area contributed by atoms with Crippen LogP contribution in [0.15, 0.2) is 0 Å². The molecule has 0 amide bonds. The summed E-state index contributed by atoms with van der Waals surface area (Å²) >= 11 is 0. The largest absolute Gasteiger partial charge is 0.465 e. The highest BCUT2D eigenvalue weighted by Crippen LogP contribution is 2.36. The van der Waals surface area contributed by atoms with Crippen molar-refractivity contribution < 1.29 is 9.53 Å². The molecule has 2 rings (SSSR count). The second kappa shape index (κ2) is 3.29. The van der Waals surface area contributed by atoms with Crippen molar-refractivity contribution in [3.05, 3.63) is 0 Å². The first kappa shape index (κ1) is 9.00. The van der Waals surface area contributed by atoms with Gasteiger partial charge in [0.15, 0.2) is 0 Å². The molecule has 0 aromatic carbocycles. The lowest BCUT2D eigenvalue weighted by Crippen LogP contribution is -2.53. The van der Waals surface area contributed by atoms with Crippen molar-refractivity contribution in [1.29, 1.82) is 0 Å². The SMILES string of the molecule is CCOC(=O)C12CCCC(CC1)N2. The monoisotopic (exact) mass is 183 g/mol. The molecule has 0 spiro atoms. The minimum Gasteiger partial charge on any atom is -0.465 e. The topological polar surface area (TPSA) is 38.3 Å². The second-order valence-corrected chi connectivity index (χ2v) is 4.07. The Bertz CT molecular complexity index is 213. The van der Waals surface area contributed by atoms with Crippen molar-refractivity contribution in [3.63, 3.8) is 0 Å². The molecule has 3 nitrogen and oxygen atoms in total. The maximum atomic E-state index is 11.7. The third-order valence-electron chi connectivity index (χ3n) is 3.22. The fourth-order valence-corrected chi connectivity index (χ4v) is 2.55. The Hall–Kier alpha value is -0.570. The first-order chi connectivity index (χ1) is 6.27. The van der Waals surface area contributed by atoms with E-state index < -0.39 is 0 Å². The molecule has 2 saturated heterocycles. The molecule has 0 aromatic heterocycles. The highest BCUT2D eigenvalue weighted by atomic mass is 16.5. The number of fused-ring (bicyclic) bond motifs is 2. The summed E-state index contributed by atoms with van der Waals surface area (Å²) in [6.07, 6.45) is 5.45. The summed E-state index contributed by atoms with van der Waals surface area (Å²) in [5.41, 5.74) is -0.307. The minimum atomic E-state index is -0.307. The standard InChI is InChI=1S/C10H17NO2/c1-2-13-9(12)10-6-3-4-8(11-10)5-7-10/h8,11H,2-7H2,1H3. The van der Waals surface area contributed by atoms with Gasteiger partial charge >= 0.3 is 5.97 Å². The Balaban J connectivity index is 2.06. The van der Waals surface area contributed by atoms with E-state index in [2.05, 4.69) is 5.32 Å². The first-order valence-electron chi connectivity index (χ1n) is 5.22. The number of carbonyl (C=O) groups is 1. The van der Waals surface area contributed by atoms with Gasteiger partial charge in [0.1, 0.15) is 5.54 Å². The zero-order valence-corrected chi connectivity index (χ0v) is 8.14. The summed E-state index contributed by atoms with van der Waals surface area (Å²) in [7, 11) is 0.